The van der Waals surface area contributed by atoms with Crippen molar-refractivity contribution in [3.8, 4) is 11.1 Å². The fourth-order valence-corrected chi connectivity index (χ4v) is 6.75. The van der Waals surface area contributed by atoms with E-state index in [-0.39, 0.29) is 18.2 Å². The molecule has 0 saturated carbocycles. The van der Waals surface area contributed by atoms with Gasteiger partial charge in [-0.15, -0.1) is 11.6 Å². The van der Waals surface area contributed by atoms with Gasteiger partial charge in [-0.25, -0.2) is 13.2 Å². The fourth-order valence-electron chi connectivity index (χ4n) is 4.50. The van der Waals surface area contributed by atoms with Crippen LogP contribution in [-0.4, -0.2) is 65.9 Å². The third-order valence-electron chi connectivity index (χ3n) is 6.76. The number of carboxylic acid groups (broad SMARTS) is 1. The molecule has 0 aliphatic rings. The molecule has 3 aromatic carbocycles. The SMILES string of the molecule is CSCC[C@H](NC(=O)c1ccc(CN(CCc2ccccc2)S(=O)(=O)CCCCl)cc1-c1ccccc1C)C(=O)O. The summed E-state index contributed by atoms with van der Waals surface area (Å²) in [7, 11) is -3.60. The van der Waals surface area contributed by atoms with Gasteiger partial charge in [0.15, 0.2) is 0 Å². The molecular formula is C31H37ClN2O5S2. The van der Waals surface area contributed by atoms with E-state index in [2.05, 4.69) is 5.32 Å². The number of benzene rings is 3. The Hall–Kier alpha value is -2.85. The molecule has 1 amide bonds. The summed E-state index contributed by atoms with van der Waals surface area (Å²) in [6.07, 6.45) is 3.09. The Balaban J connectivity index is 1.98. The third-order valence-corrected chi connectivity index (χ3v) is 9.57. The van der Waals surface area contributed by atoms with Crippen molar-refractivity contribution in [2.24, 2.45) is 0 Å². The van der Waals surface area contributed by atoms with Crippen LogP contribution in [0, 0.1) is 6.92 Å². The minimum Gasteiger partial charge on any atom is -0.480 e. The molecular weight excluding hydrogens is 580 g/mol. The Morgan fingerprint density at radius 2 is 1.71 bits per heavy atom. The van der Waals surface area contributed by atoms with Crippen LogP contribution in [0.2, 0.25) is 0 Å². The molecule has 0 radical (unpaired) electrons. The van der Waals surface area contributed by atoms with Crippen molar-refractivity contribution in [1.82, 2.24) is 9.62 Å². The molecule has 3 aromatic rings. The Morgan fingerprint density at radius 1 is 1.00 bits per heavy atom. The highest BCUT2D eigenvalue weighted by Gasteiger charge is 2.25. The monoisotopic (exact) mass is 616 g/mol. The molecule has 0 unspecified atom stereocenters. The van der Waals surface area contributed by atoms with Gasteiger partial charge in [0.2, 0.25) is 10.0 Å². The molecule has 10 heteroatoms. The lowest BCUT2D eigenvalue weighted by Gasteiger charge is -2.23. The molecule has 0 bridgehead atoms. The highest BCUT2D eigenvalue weighted by Crippen LogP contribution is 2.29. The quantitative estimate of drug-likeness (QED) is 0.203. The van der Waals surface area contributed by atoms with Crippen molar-refractivity contribution in [2.45, 2.75) is 38.8 Å². The summed E-state index contributed by atoms with van der Waals surface area (Å²) < 4.78 is 28.1. The number of alkyl halides is 1. The number of halogens is 1. The summed E-state index contributed by atoms with van der Waals surface area (Å²) in [5.41, 5.74) is 4.46. The van der Waals surface area contributed by atoms with Gasteiger partial charge < -0.3 is 10.4 Å². The molecule has 220 valence electrons. The van der Waals surface area contributed by atoms with E-state index in [1.54, 1.807) is 12.1 Å². The van der Waals surface area contributed by atoms with Crippen LogP contribution < -0.4 is 5.32 Å². The summed E-state index contributed by atoms with van der Waals surface area (Å²) in [5.74, 6) is -0.779. The summed E-state index contributed by atoms with van der Waals surface area (Å²) in [4.78, 5) is 25.2. The number of carbonyl (C=O) groups is 2. The topological polar surface area (TPSA) is 104 Å². The van der Waals surface area contributed by atoms with Gasteiger partial charge >= 0.3 is 5.97 Å². The maximum absolute atomic E-state index is 13.4. The van der Waals surface area contributed by atoms with Gasteiger partial charge in [-0.05, 0) is 78.1 Å². The summed E-state index contributed by atoms with van der Waals surface area (Å²) in [6, 6.07) is 21.5. The molecule has 3 rings (SSSR count). The van der Waals surface area contributed by atoms with E-state index in [4.69, 9.17) is 11.6 Å². The number of nitrogens with zero attached hydrogens (tertiary/aromatic N) is 1. The number of aliphatic carboxylic acids is 1. The van der Waals surface area contributed by atoms with Crippen LogP contribution in [0.5, 0.6) is 0 Å². The molecule has 0 aliphatic carbocycles. The average molecular weight is 617 g/mol. The molecule has 2 N–H and O–H groups in total. The van der Waals surface area contributed by atoms with Gasteiger partial charge in [0, 0.05) is 24.5 Å². The molecule has 0 aliphatic heterocycles. The number of amides is 1. The number of nitrogens with one attached hydrogen (secondary N) is 1. The Labute approximate surface area is 252 Å². The van der Waals surface area contributed by atoms with Crippen LogP contribution >= 0.6 is 23.4 Å². The minimum atomic E-state index is -3.60. The number of carbonyl (C=O) groups excluding carboxylic acids is 1. The molecule has 0 spiro atoms. The first-order valence-corrected chi connectivity index (χ1v) is 17.0. The van der Waals surface area contributed by atoms with Crippen LogP contribution in [-0.2, 0) is 27.8 Å². The zero-order chi connectivity index (χ0) is 29.8. The molecule has 0 aromatic heterocycles. The second kappa shape index (κ2) is 16.0. The van der Waals surface area contributed by atoms with Crippen LogP contribution in [0.4, 0.5) is 0 Å². The zero-order valence-electron chi connectivity index (χ0n) is 23.4. The van der Waals surface area contributed by atoms with Crippen molar-refractivity contribution in [2.75, 3.05) is 30.2 Å². The molecule has 0 saturated heterocycles. The van der Waals surface area contributed by atoms with Crippen molar-refractivity contribution >= 4 is 45.3 Å². The van der Waals surface area contributed by atoms with Gasteiger partial charge in [-0.2, -0.15) is 16.1 Å². The van der Waals surface area contributed by atoms with E-state index >= 15 is 0 Å². The fraction of sp³-hybridized carbons (Fsp3) is 0.355. The van der Waals surface area contributed by atoms with E-state index in [1.807, 2.05) is 73.8 Å². The lowest BCUT2D eigenvalue weighted by molar-refractivity contribution is -0.139. The summed E-state index contributed by atoms with van der Waals surface area (Å²) in [6.45, 7) is 2.36. The average Bonchev–Trinajstić information content (AvgIpc) is 2.96. The van der Waals surface area contributed by atoms with Crippen molar-refractivity contribution in [3.05, 3.63) is 95.1 Å². The van der Waals surface area contributed by atoms with Crippen LogP contribution in [0.25, 0.3) is 11.1 Å². The largest absolute Gasteiger partial charge is 0.480 e. The second-order valence-corrected chi connectivity index (χ2v) is 13.2. The predicted molar refractivity (Wildman–Crippen MR) is 168 cm³/mol. The highest BCUT2D eigenvalue weighted by atomic mass is 35.5. The van der Waals surface area contributed by atoms with Gasteiger partial charge in [0.05, 0.1) is 5.75 Å². The number of sulfonamides is 1. The normalized spacial score (nSPS) is 12.3. The third kappa shape index (κ3) is 9.60. The predicted octanol–water partition coefficient (Wildman–Crippen LogP) is 5.60. The number of hydrogen-bond donors (Lipinski definition) is 2. The van der Waals surface area contributed by atoms with Gasteiger partial charge in [-0.1, -0.05) is 60.7 Å². The Kier molecular flexibility index (Phi) is 12.7. The lowest BCUT2D eigenvalue weighted by Crippen LogP contribution is -2.41. The van der Waals surface area contributed by atoms with E-state index in [0.29, 0.717) is 42.7 Å². The summed E-state index contributed by atoms with van der Waals surface area (Å²) >= 11 is 7.33. The number of rotatable bonds is 16. The van der Waals surface area contributed by atoms with Gasteiger partial charge in [-0.3, -0.25) is 4.79 Å². The Morgan fingerprint density at radius 3 is 2.37 bits per heavy atom. The maximum atomic E-state index is 13.4. The Bertz CT molecular complexity index is 1420. The summed E-state index contributed by atoms with van der Waals surface area (Å²) in [5, 5.41) is 12.3. The van der Waals surface area contributed by atoms with Crippen molar-refractivity contribution in [3.63, 3.8) is 0 Å². The number of hydrogen-bond acceptors (Lipinski definition) is 5. The van der Waals surface area contributed by atoms with Crippen molar-refractivity contribution in [1.29, 1.82) is 0 Å². The highest BCUT2D eigenvalue weighted by molar-refractivity contribution is 7.98. The first kappa shape index (κ1) is 32.7. The molecule has 0 heterocycles. The molecule has 41 heavy (non-hydrogen) atoms. The van der Waals surface area contributed by atoms with E-state index < -0.39 is 27.9 Å². The van der Waals surface area contributed by atoms with E-state index in [1.165, 1.54) is 16.1 Å². The first-order valence-electron chi connectivity index (χ1n) is 13.5. The zero-order valence-corrected chi connectivity index (χ0v) is 25.8. The molecule has 7 nitrogen and oxygen atoms in total. The van der Waals surface area contributed by atoms with E-state index in [9.17, 15) is 23.1 Å². The van der Waals surface area contributed by atoms with Crippen LogP contribution in [0.15, 0.2) is 72.8 Å². The number of carboxylic acids is 1. The smallest absolute Gasteiger partial charge is 0.326 e. The second-order valence-electron chi connectivity index (χ2n) is 9.77. The van der Waals surface area contributed by atoms with E-state index in [0.717, 1.165) is 22.3 Å². The maximum Gasteiger partial charge on any atom is 0.326 e. The van der Waals surface area contributed by atoms with Crippen LogP contribution in [0.3, 0.4) is 0 Å². The first-order chi connectivity index (χ1) is 19.7. The minimum absolute atomic E-state index is 0.0525. The van der Waals surface area contributed by atoms with Crippen LogP contribution in [0.1, 0.15) is 39.9 Å². The van der Waals surface area contributed by atoms with Gasteiger partial charge in [0.25, 0.3) is 5.91 Å². The standard InChI is InChI=1S/C31H37ClN2O5S2/c1-23-9-6-7-12-26(23)28-21-25(13-14-27(28)30(35)33-29(31(36)37)16-19-40-2)22-34(41(38,39)20-8-17-32)18-15-24-10-4-3-5-11-24/h3-7,9-14,21,29H,8,15-20,22H2,1-2H3,(H,33,35)(H,36,37)/t29-/m0/s1. The number of thioether (sulfide) groups is 1. The van der Waals surface area contributed by atoms with Gasteiger partial charge in [0.1, 0.15) is 6.04 Å². The molecule has 0 fully saturated rings. The number of aryl methyl sites for hydroxylation is 1. The lowest BCUT2D eigenvalue weighted by atomic mass is 9.93. The van der Waals surface area contributed by atoms with Crippen molar-refractivity contribution < 1.29 is 23.1 Å². The molecule has 1 atom stereocenters.